The Labute approximate surface area is 127 Å². The molecule has 0 spiro atoms. The molecule has 2 rings (SSSR count). The van der Waals surface area contributed by atoms with E-state index in [0.717, 1.165) is 21.3 Å². The Morgan fingerprint density at radius 2 is 1.95 bits per heavy atom. The Bertz CT molecular complexity index is 626. The third kappa shape index (κ3) is 3.46. The van der Waals surface area contributed by atoms with Crippen LogP contribution in [0.2, 0.25) is 0 Å². The van der Waals surface area contributed by atoms with Crippen molar-refractivity contribution in [3.63, 3.8) is 0 Å². The second-order valence-electron chi connectivity index (χ2n) is 4.61. The molecule has 0 aliphatic rings. The van der Waals surface area contributed by atoms with Crippen molar-refractivity contribution in [3.05, 3.63) is 63.6 Å². The molecule has 2 aromatic rings. The number of carbonyl (C=O) groups is 1. The molecule has 3 nitrogen and oxygen atoms in total. The number of benzene rings is 2. The molecule has 0 aromatic heterocycles. The second kappa shape index (κ2) is 6.68. The van der Waals surface area contributed by atoms with Gasteiger partial charge < -0.3 is 10.6 Å². The standard InChI is InChI=1S/C16H17BrN2O/c1-11-7-8-12(9-14(11)17)16(20)19-15-6-4-3-5-13(15)10-18-2/h3-9,18H,10H2,1-2H3,(H,19,20). The molecule has 2 N–H and O–H groups in total. The van der Waals surface area contributed by atoms with Crippen LogP contribution in [0.1, 0.15) is 21.5 Å². The number of halogens is 1. The Kier molecular flexibility index (Phi) is 4.93. The highest BCUT2D eigenvalue weighted by Gasteiger charge is 2.09. The summed E-state index contributed by atoms with van der Waals surface area (Å²) in [6, 6.07) is 13.4. The summed E-state index contributed by atoms with van der Waals surface area (Å²) in [7, 11) is 1.88. The fourth-order valence-electron chi connectivity index (χ4n) is 1.92. The molecule has 0 saturated carbocycles. The molecular weight excluding hydrogens is 316 g/mol. The van der Waals surface area contributed by atoms with Gasteiger partial charge in [-0.05, 0) is 43.3 Å². The topological polar surface area (TPSA) is 41.1 Å². The van der Waals surface area contributed by atoms with Crippen LogP contribution in [0.3, 0.4) is 0 Å². The largest absolute Gasteiger partial charge is 0.322 e. The van der Waals surface area contributed by atoms with Gasteiger partial charge in [-0.25, -0.2) is 0 Å². The van der Waals surface area contributed by atoms with Crippen LogP contribution in [-0.2, 0) is 6.54 Å². The SMILES string of the molecule is CNCc1ccccc1NC(=O)c1ccc(C)c(Br)c1. The van der Waals surface area contributed by atoms with Gasteiger partial charge in [0.25, 0.3) is 5.91 Å². The van der Waals surface area contributed by atoms with Gasteiger partial charge in [-0.2, -0.15) is 0 Å². The molecule has 2 aromatic carbocycles. The first-order valence-electron chi connectivity index (χ1n) is 6.42. The Morgan fingerprint density at radius 3 is 2.65 bits per heavy atom. The fraction of sp³-hybridized carbons (Fsp3) is 0.188. The van der Waals surface area contributed by atoms with Gasteiger partial charge in [0.1, 0.15) is 0 Å². The monoisotopic (exact) mass is 332 g/mol. The van der Waals surface area contributed by atoms with E-state index in [4.69, 9.17) is 0 Å². The number of hydrogen-bond acceptors (Lipinski definition) is 2. The van der Waals surface area contributed by atoms with Gasteiger partial charge in [-0.15, -0.1) is 0 Å². The summed E-state index contributed by atoms with van der Waals surface area (Å²) >= 11 is 3.45. The summed E-state index contributed by atoms with van der Waals surface area (Å²) in [6.07, 6.45) is 0. The van der Waals surface area contributed by atoms with Crippen molar-refractivity contribution in [3.8, 4) is 0 Å². The van der Waals surface area contributed by atoms with Gasteiger partial charge in [0.2, 0.25) is 0 Å². The highest BCUT2D eigenvalue weighted by atomic mass is 79.9. The van der Waals surface area contributed by atoms with Crippen LogP contribution in [0.15, 0.2) is 46.9 Å². The summed E-state index contributed by atoms with van der Waals surface area (Å²) in [6.45, 7) is 2.71. The number of nitrogens with one attached hydrogen (secondary N) is 2. The number of aryl methyl sites for hydroxylation is 1. The molecule has 0 aliphatic heterocycles. The summed E-state index contributed by atoms with van der Waals surface area (Å²) < 4.78 is 0.939. The van der Waals surface area contributed by atoms with E-state index in [1.165, 1.54) is 0 Å². The zero-order valence-corrected chi connectivity index (χ0v) is 13.1. The van der Waals surface area contributed by atoms with Crippen LogP contribution in [0.4, 0.5) is 5.69 Å². The minimum atomic E-state index is -0.103. The minimum Gasteiger partial charge on any atom is -0.322 e. The molecule has 0 aliphatic carbocycles. The Morgan fingerprint density at radius 1 is 1.20 bits per heavy atom. The molecule has 0 heterocycles. The van der Waals surface area contributed by atoms with E-state index in [9.17, 15) is 4.79 Å². The average molecular weight is 333 g/mol. The minimum absolute atomic E-state index is 0.103. The van der Waals surface area contributed by atoms with Crippen LogP contribution in [0.25, 0.3) is 0 Å². The first-order chi connectivity index (χ1) is 9.61. The first kappa shape index (κ1) is 14.8. The van der Waals surface area contributed by atoms with E-state index < -0.39 is 0 Å². The molecule has 0 atom stereocenters. The van der Waals surface area contributed by atoms with Gasteiger partial charge in [0.05, 0.1) is 0 Å². The number of hydrogen-bond donors (Lipinski definition) is 2. The molecule has 104 valence electrons. The van der Waals surface area contributed by atoms with Gasteiger partial charge in [0, 0.05) is 22.3 Å². The van der Waals surface area contributed by atoms with Crippen molar-refractivity contribution >= 4 is 27.5 Å². The molecule has 0 bridgehead atoms. The van der Waals surface area contributed by atoms with Crippen LogP contribution in [0, 0.1) is 6.92 Å². The molecule has 1 amide bonds. The summed E-state index contributed by atoms with van der Waals surface area (Å²) in [5, 5.41) is 6.05. The third-order valence-electron chi connectivity index (χ3n) is 3.07. The van der Waals surface area contributed by atoms with Crippen LogP contribution in [-0.4, -0.2) is 13.0 Å². The van der Waals surface area contributed by atoms with E-state index in [0.29, 0.717) is 12.1 Å². The van der Waals surface area contributed by atoms with Crippen molar-refractivity contribution in [2.75, 3.05) is 12.4 Å². The number of rotatable bonds is 4. The van der Waals surface area contributed by atoms with Crippen molar-refractivity contribution in [2.24, 2.45) is 0 Å². The van der Waals surface area contributed by atoms with E-state index in [1.54, 1.807) is 0 Å². The predicted octanol–water partition coefficient (Wildman–Crippen LogP) is 3.73. The lowest BCUT2D eigenvalue weighted by atomic mass is 10.1. The molecule has 0 unspecified atom stereocenters. The maximum Gasteiger partial charge on any atom is 0.255 e. The van der Waals surface area contributed by atoms with Crippen molar-refractivity contribution in [1.82, 2.24) is 5.32 Å². The maximum atomic E-state index is 12.3. The smallest absolute Gasteiger partial charge is 0.255 e. The van der Waals surface area contributed by atoms with Crippen molar-refractivity contribution in [1.29, 1.82) is 0 Å². The molecular formula is C16H17BrN2O. The average Bonchev–Trinajstić information content (AvgIpc) is 2.44. The zero-order valence-electron chi connectivity index (χ0n) is 11.5. The van der Waals surface area contributed by atoms with Crippen molar-refractivity contribution < 1.29 is 4.79 Å². The highest BCUT2D eigenvalue weighted by molar-refractivity contribution is 9.10. The van der Waals surface area contributed by atoms with Crippen LogP contribution in [0.5, 0.6) is 0 Å². The quantitative estimate of drug-likeness (QED) is 0.895. The number of carbonyl (C=O) groups excluding carboxylic acids is 1. The fourth-order valence-corrected chi connectivity index (χ4v) is 2.29. The second-order valence-corrected chi connectivity index (χ2v) is 5.46. The molecule has 4 heteroatoms. The van der Waals surface area contributed by atoms with E-state index >= 15 is 0 Å². The summed E-state index contributed by atoms with van der Waals surface area (Å²) in [4.78, 5) is 12.3. The van der Waals surface area contributed by atoms with E-state index in [-0.39, 0.29) is 5.91 Å². The van der Waals surface area contributed by atoms with Crippen LogP contribution >= 0.6 is 15.9 Å². The number of amides is 1. The zero-order chi connectivity index (χ0) is 14.5. The normalized spacial score (nSPS) is 10.3. The Hall–Kier alpha value is -1.65. The lowest BCUT2D eigenvalue weighted by Crippen LogP contribution is -2.15. The van der Waals surface area contributed by atoms with Gasteiger partial charge in [-0.3, -0.25) is 4.79 Å². The molecule has 0 fully saturated rings. The third-order valence-corrected chi connectivity index (χ3v) is 3.92. The molecule has 20 heavy (non-hydrogen) atoms. The number of anilines is 1. The van der Waals surface area contributed by atoms with Gasteiger partial charge >= 0.3 is 0 Å². The lowest BCUT2D eigenvalue weighted by Gasteiger charge is -2.11. The van der Waals surface area contributed by atoms with Crippen LogP contribution < -0.4 is 10.6 Å². The van der Waals surface area contributed by atoms with Crippen molar-refractivity contribution in [2.45, 2.75) is 13.5 Å². The van der Waals surface area contributed by atoms with E-state index in [2.05, 4.69) is 26.6 Å². The maximum absolute atomic E-state index is 12.3. The van der Waals surface area contributed by atoms with Gasteiger partial charge in [-0.1, -0.05) is 40.2 Å². The Balaban J connectivity index is 2.21. The molecule has 0 saturated heterocycles. The summed E-state index contributed by atoms with van der Waals surface area (Å²) in [5.74, 6) is -0.103. The number of para-hydroxylation sites is 1. The van der Waals surface area contributed by atoms with E-state index in [1.807, 2.05) is 56.4 Å². The molecule has 0 radical (unpaired) electrons. The lowest BCUT2D eigenvalue weighted by molar-refractivity contribution is 0.102. The first-order valence-corrected chi connectivity index (χ1v) is 7.21. The van der Waals surface area contributed by atoms with Gasteiger partial charge in [0.15, 0.2) is 0 Å². The summed E-state index contributed by atoms with van der Waals surface area (Å²) in [5.41, 5.74) is 3.65. The predicted molar refractivity (Wildman–Crippen MR) is 86.0 cm³/mol. The highest BCUT2D eigenvalue weighted by Crippen LogP contribution is 2.20.